The number of benzene rings is 1. The number of fused-ring (bicyclic) bond motifs is 3. The van der Waals surface area contributed by atoms with Crippen LogP contribution in [0.4, 0.5) is 10.5 Å². The number of nitrogens with one attached hydrogen (secondary N) is 1. The summed E-state index contributed by atoms with van der Waals surface area (Å²) in [6.45, 7) is 4.06. The monoisotopic (exact) mass is 361 g/mol. The minimum atomic E-state index is 0.0170. The van der Waals surface area contributed by atoms with Crippen LogP contribution in [0.15, 0.2) is 36.5 Å². The number of urea groups is 1. The van der Waals surface area contributed by atoms with Crippen molar-refractivity contribution in [1.82, 2.24) is 19.5 Å². The SMILES string of the molecule is Cc1ccc(NC(=O)N2C3CCCC2C3)cc1-c1ncc2ccc(C)n2n1. The standard InChI is InChI=1S/C21H23N5O/c1-13-6-8-15(23-21(27)25-16-4-3-5-17(25)11-16)10-19(13)20-22-12-18-9-7-14(2)26(18)24-20/h6-10,12,16-17H,3-5,11H2,1-2H3,(H,23,27). The molecule has 1 N–H and O–H groups in total. The van der Waals surface area contributed by atoms with Gasteiger partial charge >= 0.3 is 6.03 Å². The fourth-order valence-electron chi connectivity index (χ4n) is 4.42. The van der Waals surface area contributed by atoms with Crippen LogP contribution in [0.2, 0.25) is 0 Å². The first-order valence-corrected chi connectivity index (χ1v) is 9.62. The Labute approximate surface area is 158 Å². The van der Waals surface area contributed by atoms with E-state index >= 15 is 0 Å². The van der Waals surface area contributed by atoms with Crippen LogP contribution >= 0.6 is 0 Å². The van der Waals surface area contributed by atoms with Gasteiger partial charge in [-0.25, -0.2) is 14.3 Å². The molecule has 3 aromatic rings. The van der Waals surface area contributed by atoms with Gasteiger partial charge in [-0.05, 0) is 69.4 Å². The predicted molar refractivity (Wildman–Crippen MR) is 105 cm³/mol. The van der Waals surface area contributed by atoms with Crippen molar-refractivity contribution >= 4 is 17.2 Å². The second-order valence-electron chi connectivity index (χ2n) is 7.73. The third-order valence-electron chi connectivity index (χ3n) is 5.96. The van der Waals surface area contributed by atoms with E-state index in [-0.39, 0.29) is 6.03 Å². The number of hydrogen-bond donors (Lipinski definition) is 1. The fourth-order valence-corrected chi connectivity index (χ4v) is 4.42. The van der Waals surface area contributed by atoms with Crippen molar-refractivity contribution in [3.05, 3.63) is 47.8 Å². The zero-order chi connectivity index (χ0) is 18.5. The molecule has 138 valence electrons. The molecule has 2 atom stereocenters. The largest absolute Gasteiger partial charge is 0.322 e. The van der Waals surface area contributed by atoms with Crippen molar-refractivity contribution in [1.29, 1.82) is 0 Å². The molecule has 2 bridgehead atoms. The van der Waals surface area contributed by atoms with E-state index in [4.69, 9.17) is 0 Å². The van der Waals surface area contributed by atoms with Crippen LogP contribution < -0.4 is 5.32 Å². The van der Waals surface area contributed by atoms with Crippen LogP contribution in [0, 0.1) is 13.8 Å². The fraction of sp³-hybridized carbons (Fsp3) is 0.381. The number of aryl methyl sites for hydroxylation is 2. The van der Waals surface area contributed by atoms with Gasteiger partial charge in [0.2, 0.25) is 0 Å². The molecule has 27 heavy (non-hydrogen) atoms. The summed E-state index contributed by atoms with van der Waals surface area (Å²) < 4.78 is 1.90. The molecule has 6 nitrogen and oxygen atoms in total. The van der Waals surface area contributed by atoms with Gasteiger partial charge in [0.15, 0.2) is 5.82 Å². The predicted octanol–water partition coefficient (Wildman–Crippen LogP) is 4.17. The van der Waals surface area contributed by atoms with E-state index in [0.29, 0.717) is 17.9 Å². The Kier molecular flexibility index (Phi) is 3.67. The number of rotatable bonds is 2. The van der Waals surface area contributed by atoms with Crippen molar-refractivity contribution < 1.29 is 4.79 Å². The maximum absolute atomic E-state index is 12.7. The van der Waals surface area contributed by atoms with Gasteiger partial charge in [-0.15, -0.1) is 5.10 Å². The maximum atomic E-state index is 12.7. The van der Waals surface area contributed by atoms with E-state index < -0.39 is 0 Å². The Morgan fingerprint density at radius 2 is 1.96 bits per heavy atom. The van der Waals surface area contributed by atoms with Crippen molar-refractivity contribution in [3.63, 3.8) is 0 Å². The molecule has 5 rings (SSSR count). The number of nitrogens with zero attached hydrogens (tertiary/aromatic N) is 4. The van der Waals surface area contributed by atoms with Crippen molar-refractivity contribution in [2.45, 2.75) is 51.6 Å². The van der Waals surface area contributed by atoms with E-state index in [1.807, 2.05) is 59.8 Å². The molecule has 2 aliphatic rings. The number of carbonyl (C=O) groups is 1. The summed E-state index contributed by atoms with van der Waals surface area (Å²) >= 11 is 0. The number of hydrogen-bond acceptors (Lipinski definition) is 3. The van der Waals surface area contributed by atoms with Crippen LogP contribution in [0.3, 0.4) is 0 Å². The first kappa shape index (κ1) is 16.3. The molecule has 2 amide bonds. The minimum Gasteiger partial charge on any atom is -0.318 e. The molecule has 0 saturated carbocycles. The van der Waals surface area contributed by atoms with E-state index in [2.05, 4.69) is 15.4 Å². The molecule has 4 heterocycles. The molecular weight excluding hydrogens is 338 g/mol. The molecule has 6 heteroatoms. The summed E-state index contributed by atoms with van der Waals surface area (Å²) in [5, 5.41) is 7.76. The van der Waals surface area contributed by atoms with Gasteiger partial charge in [-0.3, -0.25) is 0 Å². The highest BCUT2D eigenvalue weighted by Gasteiger charge is 2.44. The number of anilines is 1. The molecule has 0 spiro atoms. The third-order valence-corrected chi connectivity index (χ3v) is 5.96. The Balaban J connectivity index is 1.43. The smallest absolute Gasteiger partial charge is 0.318 e. The molecule has 2 aromatic heterocycles. The number of amides is 2. The van der Waals surface area contributed by atoms with Crippen LogP contribution in [0.5, 0.6) is 0 Å². The second kappa shape index (κ2) is 6.08. The van der Waals surface area contributed by atoms with Gasteiger partial charge in [-0.2, -0.15) is 0 Å². The zero-order valence-corrected chi connectivity index (χ0v) is 15.6. The van der Waals surface area contributed by atoms with Gasteiger partial charge in [0.1, 0.15) is 0 Å². The third kappa shape index (κ3) is 2.67. The van der Waals surface area contributed by atoms with Crippen LogP contribution in [0.1, 0.15) is 36.9 Å². The van der Waals surface area contributed by atoms with Crippen molar-refractivity contribution in [3.8, 4) is 11.4 Å². The summed E-state index contributed by atoms with van der Waals surface area (Å²) in [4.78, 5) is 19.3. The number of aromatic nitrogens is 3. The molecule has 2 saturated heterocycles. The summed E-state index contributed by atoms with van der Waals surface area (Å²) in [5.74, 6) is 0.663. The lowest BCUT2D eigenvalue weighted by Gasteiger charge is -2.52. The molecule has 2 fully saturated rings. The molecule has 1 aromatic carbocycles. The van der Waals surface area contributed by atoms with E-state index in [9.17, 15) is 4.79 Å². The Bertz CT molecular complexity index is 1030. The highest BCUT2D eigenvalue weighted by Crippen LogP contribution is 2.38. The summed E-state index contributed by atoms with van der Waals surface area (Å²) in [6, 6.07) is 10.8. The van der Waals surface area contributed by atoms with E-state index in [1.165, 1.54) is 6.42 Å². The summed E-state index contributed by atoms with van der Waals surface area (Å²) in [7, 11) is 0. The van der Waals surface area contributed by atoms with Crippen LogP contribution in [-0.2, 0) is 0 Å². The number of piperidine rings is 1. The Hall–Kier alpha value is -2.89. The van der Waals surface area contributed by atoms with Crippen molar-refractivity contribution in [2.24, 2.45) is 0 Å². The van der Waals surface area contributed by atoms with E-state index in [0.717, 1.165) is 47.3 Å². The molecule has 0 radical (unpaired) electrons. The molecular formula is C21H23N5O. The normalized spacial score (nSPS) is 21.2. The minimum absolute atomic E-state index is 0.0170. The molecule has 2 unspecified atom stereocenters. The Morgan fingerprint density at radius 3 is 2.74 bits per heavy atom. The first-order chi connectivity index (χ1) is 13.1. The lowest BCUT2D eigenvalue weighted by atomic mass is 9.80. The highest BCUT2D eigenvalue weighted by molar-refractivity contribution is 5.91. The van der Waals surface area contributed by atoms with Crippen LogP contribution in [-0.4, -0.2) is 37.6 Å². The van der Waals surface area contributed by atoms with Crippen LogP contribution in [0.25, 0.3) is 16.9 Å². The zero-order valence-electron chi connectivity index (χ0n) is 15.6. The lowest BCUT2D eigenvalue weighted by molar-refractivity contribution is 0.0173. The van der Waals surface area contributed by atoms with Gasteiger partial charge in [0.25, 0.3) is 0 Å². The topological polar surface area (TPSA) is 62.5 Å². The number of carbonyl (C=O) groups excluding carboxylic acids is 1. The van der Waals surface area contributed by atoms with Crippen molar-refractivity contribution in [2.75, 3.05) is 5.32 Å². The van der Waals surface area contributed by atoms with E-state index in [1.54, 1.807) is 0 Å². The lowest BCUT2D eigenvalue weighted by Crippen LogP contribution is -2.62. The highest BCUT2D eigenvalue weighted by atomic mass is 16.2. The van der Waals surface area contributed by atoms with Gasteiger partial charge in [0, 0.05) is 29.0 Å². The first-order valence-electron chi connectivity index (χ1n) is 9.62. The summed E-state index contributed by atoms with van der Waals surface area (Å²) in [6.07, 6.45) is 6.50. The summed E-state index contributed by atoms with van der Waals surface area (Å²) in [5.41, 5.74) is 4.85. The average Bonchev–Trinajstić information content (AvgIpc) is 3.04. The van der Waals surface area contributed by atoms with Gasteiger partial charge in [0.05, 0.1) is 11.7 Å². The quantitative estimate of drug-likeness (QED) is 0.745. The molecule has 2 aliphatic heterocycles. The average molecular weight is 361 g/mol. The maximum Gasteiger partial charge on any atom is 0.322 e. The van der Waals surface area contributed by atoms with Gasteiger partial charge < -0.3 is 10.2 Å². The van der Waals surface area contributed by atoms with Gasteiger partial charge in [-0.1, -0.05) is 6.07 Å². The Morgan fingerprint density at radius 1 is 1.15 bits per heavy atom. The molecule has 0 aliphatic carbocycles. The second-order valence-corrected chi connectivity index (χ2v) is 7.73.